The van der Waals surface area contributed by atoms with Crippen LogP contribution >= 0.6 is 11.6 Å². The molecular weight excluding hydrogens is 302 g/mol. The number of nitrogens with zero attached hydrogens (tertiary/aromatic N) is 1. The number of rotatable bonds is 4. The Bertz CT molecular complexity index is 740. The maximum atomic E-state index is 11.9. The van der Waals surface area contributed by atoms with Gasteiger partial charge in [0.25, 0.3) is 11.6 Å². The van der Waals surface area contributed by atoms with Crippen molar-refractivity contribution in [2.75, 3.05) is 5.32 Å². The van der Waals surface area contributed by atoms with E-state index >= 15 is 0 Å². The predicted molar refractivity (Wildman–Crippen MR) is 73.8 cm³/mol. The quantitative estimate of drug-likeness (QED) is 0.591. The molecule has 1 aromatic heterocycles. The zero-order valence-corrected chi connectivity index (χ0v) is 11.0. The van der Waals surface area contributed by atoms with Crippen molar-refractivity contribution >= 4 is 34.9 Å². The number of nitro groups is 1. The smallest absolute Gasteiger partial charge is 0.335 e. The van der Waals surface area contributed by atoms with E-state index in [0.717, 1.165) is 18.2 Å². The van der Waals surface area contributed by atoms with E-state index in [0.29, 0.717) is 5.02 Å². The Hall–Kier alpha value is -2.87. The average Bonchev–Trinajstić information content (AvgIpc) is 2.85. The van der Waals surface area contributed by atoms with Crippen molar-refractivity contribution < 1.29 is 19.6 Å². The molecule has 21 heavy (non-hydrogen) atoms. The SMILES string of the molecule is O=C(O)c1ccc(NC(=O)c2cc(Cl)c[nH]2)c([N+](=O)[O-])c1. The van der Waals surface area contributed by atoms with Gasteiger partial charge in [-0.1, -0.05) is 11.6 Å². The van der Waals surface area contributed by atoms with Crippen LogP contribution in [0.15, 0.2) is 30.5 Å². The van der Waals surface area contributed by atoms with Gasteiger partial charge < -0.3 is 15.4 Å². The van der Waals surface area contributed by atoms with E-state index in [-0.39, 0.29) is 16.9 Å². The normalized spacial score (nSPS) is 10.1. The number of hydrogen-bond acceptors (Lipinski definition) is 4. The third kappa shape index (κ3) is 3.18. The van der Waals surface area contributed by atoms with Crippen molar-refractivity contribution in [3.05, 3.63) is 56.9 Å². The molecule has 2 rings (SSSR count). The summed E-state index contributed by atoms with van der Waals surface area (Å²) in [6.45, 7) is 0. The van der Waals surface area contributed by atoms with Crippen LogP contribution in [-0.4, -0.2) is 26.9 Å². The molecule has 0 unspecified atom stereocenters. The molecule has 9 heteroatoms. The number of carboxylic acids is 1. The highest BCUT2D eigenvalue weighted by atomic mass is 35.5. The molecule has 0 fully saturated rings. The largest absolute Gasteiger partial charge is 0.478 e. The van der Waals surface area contributed by atoms with Crippen molar-refractivity contribution in [2.45, 2.75) is 0 Å². The summed E-state index contributed by atoms with van der Waals surface area (Å²) in [6, 6.07) is 4.55. The number of hydrogen-bond donors (Lipinski definition) is 3. The molecule has 108 valence electrons. The van der Waals surface area contributed by atoms with Crippen molar-refractivity contribution in [1.82, 2.24) is 4.98 Å². The second kappa shape index (κ2) is 5.63. The lowest BCUT2D eigenvalue weighted by molar-refractivity contribution is -0.383. The molecule has 0 radical (unpaired) electrons. The van der Waals surface area contributed by atoms with Gasteiger partial charge in [0.15, 0.2) is 0 Å². The highest BCUT2D eigenvalue weighted by Gasteiger charge is 2.20. The monoisotopic (exact) mass is 309 g/mol. The molecule has 0 aliphatic rings. The number of aromatic nitrogens is 1. The molecule has 1 heterocycles. The van der Waals surface area contributed by atoms with Gasteiger partial charge in [-0.3, -0.25) is 14.9 Å². The molecule has 0 saturated heterocycles. The fraction of sp³-hybridized carbons (Fsp3) is 0. The van der Waals surface area contributed by atoms with E-state index in [1.54, 1.807) is 0 Å². The van der Waals surface area contributed by atoms with Crippen LogP contribution in [0, 0.1) is 10.1 Å². The van der Waals surface area contributed by atoms with Gasteiger partial charge in [0.2, 0.25) is 0 Å². The minimum absolute atomic E-state index is 0.110. The van der Waals surface area contributed by atoms with Crippen LogP contribution < -0.4 is 5.32 Å². The Morgan fingerprint density at radius 2 is 2.05 bits per heavy atom. The summed E-state index contributed by atoms with van der Waals surface area (Å²) in [7, 11) is 0. The highest BCUT2D eigenvalue weighted by Crippen LogP contribution is 2.26. The topological polar surface area (TPSA) is 125 Å². The van der Waals surface area contributed by atoms with Crippen LogP contribution in [0.25, 0.3) is 0 Å². The number of nitrogens with one attached hydrogen (secondary N) is 2. The molecule has 0 saturated carbocycles. The first-order valence-electron chi connectivity index (χ1n) is 5.55. The lowest BCUT2D eigenvalue weighted by Gasteiger charge is -2.05. The molecule has 0 bridgehead atoms. The maximum Gasteiger partial charge on any atom is 0.335 e. The number of nitro benzene ring substituents is 1. The highest BCUT2D eigenvalue weighted by molar-refractivity contribution is 6.31. The van der Waals surface area contributed by atoms with Gasteiger partial charge in [-0.25, -0.2) is 4.79 Å². The Morgan fingerprint density at radius 3 is 2.57 bits per heavy atom. The zero-order valence-electron chi connectivity index (χ0n) is 10.3. The Labute approximate surface area is 122 Å². The van der Waals surface area contributed by atoms with Gasteiger partial charge >= 0.3 is 5.97 Å². The van der Waals surface area contributed by atoms with E-state index in [1.807, 2.05) is 0 Å². The lowest BCUT2D eigenvalue weighted by Crippen LogP contribution is -2.14. The first-order valence-corrected chi connectivity index (χ1v) is 5.93. The standard InChI is InChI=1S/C12H8ClN3O5/c13-7-4-9(14-5-7)11(17)15-8-2-1-6(12(18)19)3-10(8)16(20)21/h1-5,14H,(H,15,17)(H,18,19). The van der Waals surface area contributed by atoms with Crippen LogP contribution in [0.1, 0.15) is 20.8 Å². The number of aromatic carboxylic acids is 1. The average molecular weight is 310 g/mol. The van der Waals surface area contributed by atoms with E-state index < -0.39 is 22.5 Å². The summed E-state index contributed by atoms with van der Waals surface area (Å²) >= 11 is 5.66. The number of aromatic amines is 1. The van der Waals surface area contributed by atoms with E-state index in [9.17, 15) is 19.7 Å². The first kappa shape index (κ1) is 14.5. The van der Waals surface area contributed by atoms with E-state index in [4.69, 9.17) is 16.7 Å². The predicted octanol–water partition coefficient (Wildman–Crippen LogP) is 2.53. The Kier molecular flexibility index (Phi) is 3.90. The summed E-state index contributed by atoms with van der Waals surface area (Å²) in [5.41, 5.74) is -0.749. The van der Waals surface area contributed by atoms with Crippen LogP contribution in [-0.2, 0) is 0 Å². The Balaban J connectivity index is 2.33. The van der Waals surface area contributed by atoms with Gasteiger partial charge in [-0.2, -0.15) is 0 Å². The zero-order chi connectivity index (χ0) is 15.6. The van der Waals surface area contributed by atoms with Crippen molar-refractivity contribution in [2.24, 2.45) is 0 Å². The molecule has 0 aliphatic heterocycles. The second-order valence-electron chi connectivity index (χ2n) is 3.98. The minimum Gasteiger partial charge on any atom is -0.478 e. The number of halogens is 1. The summed E-state index contributed by atoms with van der Waals surface area (Å²) in [5.74, 6) is -1.93. The van der Waals surface area contributed by atoms with Crippen LogP contribution in [0.5, 0.6) is 0 Å². The van der Waals surface area contributed by atoms with Crippen molar-refractivity contribution in [3.63, 3.8) is 0 Å². The van der Waals surface area contributed by atoms with Crippen LogP contribution in [0.4, 0.5) is 11.4 Å². The summed E-state index contributed by atoms with van der Waals surface area (Å²) in [4.78, 5) is 35.5. The molecule has 0 spiro atoms. The number of carbonyl (C=O) groups is 2. The molecular formula is C12H8ClN3O5. The second-order valence-corrected chi connectivity index (χ2v) is 4.42. The molecule has 8 nitrogen and oxygen atoms in total. The van der Waals surface area contributed by atoms with E-state index in [2.05, 4.69) is 10.3 Å². The fourth-order valence-corrected chi connectivity index (χ4v) is 1.77. The molecule has 3 N–H and O–H groups in total. The maximum absolute atomic E-state index is 11.9. The van der Waals surface area contributed by atoms with Gasteiger partial charge in [0.05, 0.1) is 15.5 Å². The van der Waals surface area contributed by atoms with Gasteiger partial charge in [-0.15, -0.1) is 0 Å². The van der Waals surface area contributed by atoms with Crippen LogP contribution in [0.3, 0.4) is 0 Å². The number of amides is 1. The number of carbonyl (C=O) groups excluding carboxylic acids is 1. The molecule has 1 aromatic carbocycles. The fourth-order valence-electron chi connectivity index (χ4n) is 1.61. The van der Waals surface area contributed by atoms with Gasteiger partial charge in [-0.05, 0) is 18.2 Å². The lowest BCUT2D eigenvalue weighted by atomic mass is 10.1. The molecule has 0 aliphatic carbocycles. The Morgan fingerprint density at radius 1 is 1.33 bits per heavy atom. The number of anilines is 1. The number of benzene rings is 1. The van der Waals surface area contributed by atoms with Crippen LogP contribution in [0.2, 0.25) is 5.02 Å². The van der Waals surface area contributed by atoms with Gasteiger partial charge in [0.1, 0.15) is 11.4 Å². The number of carboxylic acid groups (broad SMARTS) is 1. The number of H-pyrrole nitrogens is 1. The first-order chi connectivity index (χ1) is 9.88. The molecule has 1 amide bonds. The van der Waals surface area contributed by atoms with E-state index in [1.165, 1.54) is 12.3 Å². The minimum atomic E-state index is -1.30. The molecule has 2 aromatic rings. The summed E-state index contributed by atoms with van der Waals surface area (Å²) in [6.07, 6.45) is 1.39. The summed E-state index contributed by atoms with van der Waals surface area (Å²) < 4.78 is 0. The van der Waals surface area contributed by atoms with Gasteiger partial charge in [0, 0.05) is 12.3 Å². The molecule has 0 atom stereocenters. The van der Waals surface area contributed by atoms with Crippen molar-refractivity contribution in [3.8, 4) is 0 Å². The third-order valence-electron chi connectivity index (χ3n) is 2.58. The third-order valence-corrected chi connectivity index (χ3v) is 2.80. The van der Waals surface area contributed by atoms with Crippen molar-refractivity contribution in [1.29, 1.82) is 0 Å². The summed E-state index contributed by atoms with van der Waals surface area (Å²) in [5, 5.41) is 22.4.